The van der Waals surface area contributed by atoms with E-state index in [-0.39, 0.29) is 6.04 Å². The maximum absolute atomic E-state index is 12.0. The van der Waals surface area contributed by atoms with Gasteiger partial charge in [0.15, 0.2) is 0 Å². The van der Waals surface area contributed by atoms with Gasteiger partial charge in [-0.1, -0.05) is 6.42 Å². The van der Waals surface area contributed by atoms with Crippen molar-refractivity contribution in [3.05, 3.63) is 0 Å². The van der Waals surface area contributed by atoms with E-state index >= 15 is 0 Å². The highest BCUT2D eigenvalue weighted by atomic mass is 32.2. The van der Waals surface area contributed by atoms with Crippen molar-refractivity contribution in [1.29, 1.82) is 0 Å². The normalized spacial score (nSPS) is 28.4. The molecule has 0 spiro atoms. The molecule has 3 nitrogen and oxygen atoms in total. The van der Waals surface area contributed by atoms with Crippen molar-refractivity contribution in [2.45, 2.75) is 38.1 Å². The molecule has 2 fully saturated rings. The van der Waals surface area contributed by atoms with Crippen LogP contribution in [0, 0.1) is 5.92 Å². The largest absolute Gasteiger partial charge is 0.326 e. The van der Waals surface area contributed by atoms with E-state index in [1.165, 1.54) is 19.3 Å². The zero-order valence-electron chi connectivity index (χ0n) is 8.65. The first-order valence-corrected chi connectivity index (χ1v) is 7.49. The number of nitrogens with two attached hydrogens (primary N) is 1. The molecule has 1 unspecified atom stereocenters. The van der Waals surface area contributed by atoms with Gasteiger partial charge in [-0.25, -0.2) is 8.57 Å². The second-order valence-electron chi connectivity index (χ2n) is 4.55. The molecule has 14 heavy (non-hydrogen) atoms. The van der Waals surface area contributed by atoms with Crippen LogP contribution in [-0.4, -0.2) is 28.3 Å². The van der Waals surface area contributed by atoms with E-state index in [1.807, 2.05) is 0 Å². The van der Waals surface area contributed by atoms with Gasteiger partial charge in [-0.3, -0.25) is 0 Å². The minimum Gasteiger partial charge on any atom is -0.326 e. The Morgan fingerprint density at radius 1 is 1.29 bits per heavy atom. The van der Waals surface area contributed by atoms with E-state index in [0.717, 1.165) is 24.3 Å². The third-order valence-corrected chi connectivity index (χ3v) is 5.93. The summed E-state index contributed by atoms with van der Waals surface area (Å²) >= 11 is 0. The van der Waals surface area contributed by atoms with Crippen LogP contribution in [-0.2, 0) is 9.73 Å². The fourth-order valence-corrected chi connectivity index (χ4v) is 4.34. The number of rotatable bonds is 3. The van der Waals surface area contributed by atoms with Gasteiger partial charge in [-0.15, -0.1) is 0 Å². The minimum absolute atomic E-state index is 0.169. The summed E-state index contributed by atoms with van der Waals surface area (Å²) in [5.74, 6) is 2.28. The summed E-state index contributed by atoms with van der Waals surface area (Å²) in [4.78, 5) is 0. The highest BCUT2D eigenvalue weighted by Gasteiger charge is 2.25. The third kappa shape index (κ3) is 2.28. The topological polar surface area (TPSA) is 55.4 Å². The Morgan fingerprint density at radius 2 is 1.93 bits per heavy atom. The lowest BCUT2D eigenvalue weighted by Crippen LogP contribution is -2.37. The summed E-state index contributed by atoms with van der Waals surface area (Å²) in [6, 6.07) is 0.169. The van der Waals surface area contributed by atoms with Crippen LogP contribution in [0.4, 0.5) is 0 Å². The van der Waals surface area contributed by atoms with Crippen molar-refractivity contribution in [3.8, 4) is 0 Å². The molecule has 4 heteroatoms. The lowest BCUT2D eigenvalue weighted by atomic mass is 9.80. The number of nitrogens with zero attached hydrogens (tertiary/aromatic N) is 1. The van der Waals surface area contributed by atoms with Crippen LogP contribution in [0.2, 0.25) is 0 Å². The van der Waals surface area contributed by atoms with Crippen LogP contribution in [0.3, 0.4) is 0 Å². The fourth-order valence-electron chi connectivity index (χ4n) is 2.13. The van der Waals surface area contributed by atoms with E-state index < -0.39 is 9.73 Å². The minimum atomic E-state index is -1.82. The van der Waals surface area contributed by atoms with Gasteiger partial charge in [0.1, 0.15) is 0 Å². The van der Waals surface area contributed by atoms with Gasteiger partial charge in [0, 0.05) is 27.3 Å². The quantitative estimate of drug-likeness (QED) is 0.774. The first-order chi connectivity index (χ1) is 6.70. The first kappa shape index (κ1) is 10.4. The van der Waals surface area contributed by atoms with Crippen LogP contribution < -0.4 is 5.73 Å². The predicted molar refractivity (Wildman–Crippen MR) is 59.7 cm³/mol. The molecule has 0 aromatic heterocycles. The van der Waals surface area contributed by atoms with Gasteiger partial charge in [-0.2, -0.15) is 0 Å². The third-order valence-electron chi connectivity index (χ3n) is 3.45. The summed E-state index contributed by atoms with van der Waals surface area (Å²) in [7, 11) is -1.82. The maximum atomic E-state index is 12.0. The van der Waals surface area contributed by atoms with E-state index in [2.05, 4.69) is 4.36 Å². The predicted octanol–water partition coefficient (Wildman–Crippen LogP) is 1.38. The van der Waals surface area contributed by atoms with Gasteiger partial charge in [-0.05, 0) is 31.6 Å². The molecule has 1 aliphatic heterocycles. The van der Waals surface area contributed by atoms with Crippen LogP contribution in [0.15, 0.2) is 4.36 Å². The molecular weight excluding hydrogens is 196 g/mol. The molecule has 1 atom stereocenters. The second-order valence-corrected chi connectivity index (χ2v) is 7.17. The van der Waals surface area contributed by atoms with Crippen molar-refractivity contribution in [3.63, 3.8) is 0 Å². The molecule has 1 saturated heterocycles. The van der Waals surface area contributed by atoms with Crippen LogP contribution in [0.5, 0.6) is 0 Å². The summed E-state index contributed by atoms with van der Waals surface area (Å²) in [6.07, 6.45) is 5.98. The second kappa shape index (κ2) is 4.19. The molecule has 0 aromatic carbocycles. The smallest absolute Gasteiger partial charge is 0.0638 e. The lowest BCUT2D eigenvalue weighted by molar-refractivity contribution is 0.266. The van der Waals surface area contributed by atoms with E-state index in [9.17, 15) is 4.21 Å². The molecule has 2 aliphatic rings. The average molecular weight is 216 g/mol. The van der Waals surface area contributed by atoms with Crippen molar-refractivity contribution in [2.75, 3.05) is 18.1 Å². The van der Waals surface area contributed by atoms with E-state index in [1.54, 1.807) is 0 Å². The van der Waals surface area contributed by atoms with Crippen LogP contribution in [0.1, 0.15) is 32.1 Å². The Balaban J connectivity index is 1.88. The molecule has 0 radical (unpaired) electrons. The maximum Gasteiger partial charge on any atom is 0.0638 e. The van der Waals surface area contributed by atoms with Gasteiger partial charge < -0.3 is 5.73 Å². The van der Waals surface area contributed by atoms with Gasteiger partial charge in [0.05, 0.1) is 6.54 Å². The highest BCUT2D eigenvalue weighted by molar-refractivity contribution is 7.93. The van der Waals surface area contributed by atoms with Gasteiger partial charge in [0.2, 0.25) is 0 Å². The van der Waals surface area contributed by atoms with Crippen molar-refractivity contribution in [1.82, 2.24) is 0 Å². The van der Waals surface area contributed by atoms with E-state index in [0.29, 0.717) is 12.5 Å². The highest BCUT2D eigenvalue weighted by Crippen LogP contribution is 2.29. The molecule has 0 amide bonds. The summed E-state index contributed by atoms with van der Waals surface area (Å²) in [5, 5.41) is 0. The molecule has 82 valence electrons. The Bertz CT molecular complexity index is 291. The first-order valence-electron chi connectivity index (χ1n) is 5.63. The average Bonchev–Trinajstić information content (AvgIpc) is 2.47. The van der Waals surface area contributed by atoms with Crippen molar-refractivity contribution in [2.24, 2.45) is 16.0 Å². The Hall–Kier alpha value is -0.0900. The zero-order chi connectivity index (χ0) is 10.0. The molecule has 2 rings (SSSR count). The fraction of sp³-hybridized carbons (Fsp3) is 1.00. The van der Waals surface area contributed by atoms with Crippen LogP contribution in [0.25, 0.3) is 0 Å². The molecular formula is C10H20N2OS. The summed E-state index contributed by atoms with van der Waals surface area (Å²) in [5.41, 5.74) is 6.00. The number of hydrogen-bond acceptors (Lipinski definition) is 3. The monoisotopic (exact) mass is 216 g/mol. The molecule has 0 bridgehead atoms. The zero-order valence-corrected chi connectivity index (χ0v) is 9.47. The van der Waals surface area contributed by atoms with E-state index in [4.69, 9.17) is 5.73 Å². The van der Waals surface area contributed by atoms with Gasteiger partial charge in [0.25, 0.3) is 0 Å². The summed E-state index contributed by atoms with van der Waals surface area (Å²) < 4.78 is 16.4. The molecule has 0 aromatic rings. The van der Waals surface area contributed by atoms with Gasteiger partial charge >= 0.3 is 0 Å². The molecule has 1 heterocycles. The van der Waals surface area contributed by atoms with Crippen molar-refractivity contribution >= 4 is 9.73 Å². The Kier molecular flexibility index (Phi) is 3.12. The SMILES string of the molecule is NC(CN=S1(=O)CCCC1)C1CCC1. The number of hydrogen-bond donors (Lipinski definition) is 1. The molecule has 2 N–H and O–H groups in total. The Morgan fingerprint density at radius 3 is 2.43 bits per heavy atom. The lowest BCUT2D eigenvalue weighted by Gasteiger charge is -2.30. The molecule has 1 saturated carbocycles. The Labute approximate surface area is 86.6 Å². The standard InChI is InChI=1S/C10H20N2OS/c11-10(9-4-3-5-9)8-12-14(13)6-1-2-7-14/h9-10H,1-8,11H2. The molecule has 1 aliphatic carbocycles. The van der Waals surface area contributed by atoms with Crippen molar-refractivity contribution < 1.29 is 4.21 Å². The van der Waals surface area contributed by atoms with Crippen LogP contribution >= 0.6 is 0 Å². The summed E-state index contributed by atoms with van der Waals surface area (Å²) in [6.45, 7) is 0.628.